The van der Waals surface area contributed by atoms with E-state index in [1.54, 1.807) is 17.5 Å². The molecule has 2 aromatic rings. The van der Waals surface area contributed by atoms with Gasteiger partial charge >= 0.3 is 6.03 Å². The lowest BCUT2D eigenvalue weighted by Gasteiger charge is -2.34. The Labute approximate surface area is 145 Å². The van der Waals surface area contributed by atoms with E-state index >= 15 is 0 Å². The Morgan fingerprint density at radius 2 is 2.04 bits per heavy atom. The number of nitrogens with zero attached hydrogens (tertiary/aromatic N) is 5. The number of urea groups is 1. The van der Waals surface area contributed by atoms with E-state index in [1.165, 1.54) is 0 Å². The number of piperazine rings is 1. The first-order valence-electron chi connectivity index (χ1n) is 7.93. The summed E-state index contributed by atoms with van der Waals surface area (Å²) in [7, 11) is 3.90. The minimum absolute atomic E-state index is 0.0167. The molecule has 2 amide bonds. The number of aromatic nitrogens is 2. The summed E-state index contributed by atoms with van der Waals surface area (Å²) in [4.78, 5) is 27.0. The molecule has 0 aromatic carbocycles. The Hall–Kier alpha value is -2.35. The van der Waals surface area contributed by atoms with Crippen molar-refractivity contribution < 1.29 is 4.79 Å². The van der Waals surface area contributed by atoms with E-state index in [2.05, 4.69) is 20.2 Å². The molecule has 2 aromatic heterocycles. The smallest absolute Gasteiger partial charge is 0.317 e. The second-order valence-electron chi connectivity index (χ2n) is 5.86. The van der Waals surface area contributed by atoms with Crippen LogP contribution in [-0.2, 0) is 6.54 Å². The van der Waals surface area contributed by atoms with Crippen molar-refractivity contribution in [3.63, 3.8) is 0 Å². The van der Waals surface area contributed by atoms with Gasteiger partial charge < -0.3 is 20.0 Å². The molecule has 24 heavy (non-hydrogen) atoms. The Morgan fingerprint density at radius 3 is 2.71 bits per heavy atom. The first-order chi connectivity index (χ1) is 11.6. The highest BCUT2D eigenvalue weighted by Gasteiger charge is 2.22. The molecule has 0 aliphatic carbocycles. The molecule has 8 heteroatoms. The van der Waals surface area contributed by atoms with Crippen molar-refractivity contribution in [2.45, 2.75) is 6.54 Å². The van der Waals surface area contributed by atoms with Crippen molar-refractivity contribution in [1.82, 2.24) is 20.2 Å². The van der Waals surface area contributed by atoms with Gasteiger partial charge in [-0.05, 0) is 17.7 Å². The molecule has 1 fully saturated rings. The van der Waals surface area contributed by atoms with Crippen LogP contribution in [0.15, 0.2) is 29.9 Å². The van der Waals surface area contributed by atoms with Crippen LogP contribution in [0.2, 0.25) is 0 Å². The van der Waals surface area contributed by atoms with Crippen molar-refractivity contribution in [2.24, 2.45) is 0 Å². The zero-order chi connectivity index (χ0) is 16.9. The van der Waals surface area contributed by atoms with Gasteiger partial charge in [0.05, 0.1) is 0 Å². The SMILES string of the molecule is CN(C)c1cc(CNC(=O)N2CCN(c3nccs3)CC2)ccn1. The highest BCUT2D eigenvalue weighted by Crippen LogP contribution is 2.18. The Bertz CT molecular complexity index is 667. The van der Waals surface area contributed by atoms with E-state index in [0.717, 1.165) is 29.6 Å². The van der Waals surface area contributed by atoms with Gasteiger partial charge in [-0.1, -0.05) is 0 Å². The first-order valence-corrected chi connectivity index (χ1v) is 8.81. The van der Waals surface area contributed by atoms with Crippen molar-refractivity contribution in [3.05, 3.63) is 35.5 Å². The average molecular weight is 346 g/mol. The molecule has 0 unspecified atom stereocenters. The molecule has 3 rings (SSSR count). The standard InChI is InChI=1S/C16H22N6OS/c1-20(2)14-11-13(3-4-17-14)12-19-15(23)21-6-8-22(9-7-21)16-18-5-10-24-16/h3-5,10-11H,6-9,12H2,1-2H3,(H,19,23). The lowest BCUT2D eigenvalue weighted by atomic mass is 10.2. The van der Waals surface area contributed by atoms with Gasteiger partial charge in [0, 0.05) is 64.6 Å². The number of hydrogen-bond acceptors (Lipinski definition) is 6. The van der Waals surface area contributed by atoms with E-state index in [-0.39, 0.29) is 6.03 Å². The molecule has 0 atom stereocenters. The molecular weight excluding hydrogens is 324 g/mol. The van der Waals surface area contributed by atoms with Crippen molar-refractivity contribution in [1.29, 1.82) is 0 Å². The molecule has 1 aliphatic rings. The lowest BCUT2D eigenvalue weighted by molar-refractivity contribution is 0.194. The summed E-state index contributed by atoms with van der Waals surface area (Å²) in [6, 6.07) is 3.89. The molecule has 0 radical (unpaired) electrons. The van der Waals surface area contributed by atoms with Gasteiger partial charge in [0.2, 0.25) is 0 Å². The number of rotatable bonds is 4. The highest BCUT2D eigenvalue weighted by atomic mass is 32.1. The van der Waals surface area contributed by atoms with Crippen molar-refractivity contribution in [2.75, 3.05) is 50.1 Å². The van der Waals surface area contributed by atoms with Gasteiger partial charge in [-0.15, -0.1) is 11.3 Å². The van der Waals surface area contributed by atoms with Crippen LogP contribution in [0.3, 0.4) is 0 Å². The van der Waals surface area contributed by atoms with Crippen LogP contribution in [0.4, 0.5) is 15.7 Å². The number of amides is 2. The van der Waals surface area contributed by atoms with E-state index in [4.69, 9.17) is 0 Å². The minimum Gasteiger partial charge on any atom is -0.363 e. The highest BCUT2D eigenvalue weighted by molar-refractivity contribution is 7.13. The van der Waals surface area contributed by atoms with Gasteiger partial charge in [0.1, 0.15) is 5.82 Å². The largest absolute Gasteiger partial charge is 0.363 e. The molecular formula is C16H22N6OS. The second kappa shape index (κ2) is 7.48. The normalized spacial score (nSPS) is 14.6. The van der Waals surface area contributed by atoms with Gasteiger partial charge in [-0.3, -0.25) is 0 Å². The van der Waals surface area contributed by atoms with Crippen LogP contribution in [0.5, 0.6) is 0 Å². The summed E-state index contributed by atoms with van der Waals surface area (Å²) in [5.41, 5.74) is 1.04. The average Bonchev–Trinajstić information content (AvgIpc) is 3.14. The summed E-state index contributed by atoms with van der Waals surface area (Å²) in [6.45, 7) is 3.58. The third kappa shape index (κ3) is 3.94. The molecule has 0 bridgehead atoms. The molecule has 7 nitrogen and oxygen atoms in total. The summed E-state index contributed by atoms with van der Waals surface area (Å²) in [5.74, 6) is 0.888. The van der Waals surface area contributed by atoms with Crippen LogP contribution < -0.4 is 15.1 Å². The Kier molecular flexibility index (Phi) is 5.14. The maximum absolute atomic E-state index is 12.3. The van der Waals surface area contributed by atoms with Crippen molar-refractivity contribution in [3.8, 4) is 0 Å². The number of carbonyl (C=O) groups excluding carboxylic acids is 1. The monoisotopic (exact) mass is 346 g/mol. The van der Waals surface area contributed by atoms with Gasteiger partial charge in [0.15, 0.2) is 5.13 Å². The zero-order valence-electron chi connectivity index (χ0n) is 14.0. The molecule has 0 saturated carbocycles. The second-order valence-corrected chi connectivity index (χ2v) is 6.74. The summed E-state index contributed by atoms with van der Waals surface area (Å²) in [5, 5.41) is 6.00. The fourth-order valence-electron chi connectivity index (χ4n) is 2.58. The maximum Gasteiger partial charge on any atom is 0.317 e. The van der Waals surface area contributed by atoms with E-state index in [1.807, 2.05) is 47.6 Å². The van der Waals surface area contributed by atoms with Gasteiger partial charge in [-0.2, -0.15) is 0 Å². The van der Waals surface area contributed by atoms with E-state index in [9.17, 15) is 4.79 Å². The van der Waals surface area contributed by atoms with Crippen molar-refractivity contribution >= 4 is 28.3 Å². The molecule has 3 heterocycles. The van der Waals surface area contributed by atoms with Crippen LogP contribution in [0, 0.1) is 0 Å². The minimum atomic E-state index is -0.0167. The molecule has 1 aliphatic heterocycles. The number of nitrogens with one attached hydrogen (secondary N) is 1. The molecule has 1 N–H and O–H groups in total. The predicted octanol–water partition coefficient (Wildman–Crippen LogP) is 1.64. The van der Waals surface area contributed by atoms with Gasteiger partial charge in [-0.25, -0.2) is 14.8 Å². The lowest BCUT2D eigenvalue weighted by Crippen LogP contribution is -2.51. The number of pyridine rings is 1. The zero-order valence-corrected chi connectivity index (χ0v) is 14.8. The van der Waals surface area contributed by atoms with Crippen LogP contribution in [0.25, 0.3) is 0 Å². The number of hydrogen-bond donors (Lipinski definition) is 1. The topological polar surface area (TPSA) is 64.6 Å². The quantitative estimate of drug-likeness (QED) is 0.912. The number of anilines is 2. The molecule has 1 saturated heterocycles. The van der Waals surface area contributed by atoms with Crippen LogP contribution in [0.1, 0.15) is 5.56 Å². The van der Waals surface area contributed by atoms with E-state index < -0.39 is 0 Å². The number of carbonyl (C=O) groups is 1. The third-order valence-electron chi connectivity index (χ3n) is 3.97. The predicted molar refractivity (Wildman–Crippen MR) is 96.7 cm³/mol. The van der Waals surface area contributed by atoms with Gasteiger partial charge in [0.25, 0.3) is 0 Å². The number of thiazole rings is 1. The van der Waals surface area contributed by atoms with Crippen LogP contribution >= 0.6 is 11.3 Å². The summed E-state index contributed by atoms with van der Waals surface area (Å²) < 4.78 is 0. The fourth-order valence-corrected chi connectivity index (χ4v) is 3.27. The Balaban J connectivity index is 1.48. The first kappa shape index (κ1) is 16.5. The third-order valence-corrected chi connectivity index (χ3v) is 4.80. The van der Waals surface area contributed by atoms with E-state index in [0.29, 0.717) is 19.6 Å². The van der Waals surface area contributed by atoms with Crippen LogP contribution in [-0.4, -0.2) is 61.2 Å². The fraction of sp³-hybridized carbons (Fsp3) is 0.438. The Morgan fingerprint density at radius 1 is 1.25 bits per heavy atom. The summed E-state index contributed by atoms with van der Waals surface area (Å²) in [6.07, 6.45) is 3.58. The maximum atomic E-state index is 12.3. The summed E-state index contributed by atoms with van der Waals surface area (Å²) >= 11 is 1.64. The molecule has 0 spiro atoms. The molecule has 128 valence electrons.